The minimum absolute atomic E-state index is 0. The second-order valence-electron chi connectivity index (χ2n) is 6.56. The lowest BCUT2D eigenvalue weighted by Crippen LogP contribution is -2.62. The summed E-state index contributed by atoms with van der Waals surface area (Å²) in [4.78, 5) is 4.38. The zero-order valence-corrected chi connectivity index (χ0v) is 16.8. The molecule has 0 spiro atoms. The van der Waals surface area contributed by atoms with E-state index in [1.165, 1.54) is 18.2 Å². The number of guanidine groups is 1. The third-order valence-electron chi connectivity index (χ3n) is 4.90. The van der Waals surface area contributed by atoms with Gasteiger partial charge in [0.05, 0.1) is 17.3 Å². The van der Waals surface area contributed by atoms with Gasteiger partial charge < -0.3 is 20.5 Å². The number of nitrogens with zero attached hydrogens (tertiary/aromatic N) is 1. The van der Waals surface area contributed by atoms with E-state index in [4.69, 9.17) is 10.5 Å². The summed E-state index contributed by atoms with van der Waals surface area (Å²) in [7, 11) is 1.65. The molecule has 9 heteroatoms. The van der Waals surface area contributed by atoms with E-state index in [9.17, 15) is 13.2 Å². The van der Waals surface area contributed by atoms with E-state index < -0.39 is 6.36 Å². The fourth-order valence-corrected chi connectivity index (χ4v) is 2.78. The van der Waals surface area contributed by atoms with Crippen molar-refractivity contribution in [1.29, 1.82) is 0 Å². The summed E-state index contributed by atoms with van der Waals surface area (Å²) in [5.74, 6) is -0.331. The van der Waals surface area contributed by atoms with Gasteiger partial charge in [-0.1, -0.05) is 26.0 Å². The maximum absolute atomic E-state index is 12.4. The van der Waals surface area contributed by atoms with Crippen LogP contribution in [0.4, 0.5) is 18.9 Å². The average Bonchev–Trinajstić information content (AvgIpc) is 2.47. The van der Waals surface area contributed by atoms with Crippen molar-refractivity contribution >= 4 is 35.6 Å². The van der Waals surface area contributed by atoms with Crippen LogP contribution in [0.25, 0.3) is 0 Å². The largest absolute Gasteiger partial charge is 0.573 e. The van der Waals surface area contributed by atoms with Crippen molar-refractivity contribution in [1.82, 2.24) is 0 Å². The molecule has 5 nitrogen and oxygen atoms in total. The molecule has 0 radical (unpaired) electrons. The molecule has 1 aliphatic rings. The number of alkyl halides is 3. The van der Waals surface area contributed by atoms with Crippen LogP contribution in [-0.2, 0) is 4.74 Å². The van der Waals surface area contributed by atoms with E-state index in [1.54, 1.807) is 13.2 Å². The van der Waals surface area contributed by atoms with Crippen molar-refractivity contribution in [3.05, 3.63) is 24.3 Å². The predicted molar refractivity (Wildman–Crippen MR) is 101 cm³/mol. The summed E-state index contributed by atoms with van der Waals surface area (Å²) in [6, 6.07) is 5.57. The molecule has 1 aliphatic carbocycles. The Morgan fingerprint density at radius 3 is 2.40 bits per heavy atom. The van der Waals surface area contributed by atoms with Crippen LogP contribution >= 0.6 is 24.0 Å². The molecule has 0 aromatic heterocycles. The molecule has 2 unspecified atom stereocenters. The molecular formula is C16H23F3IN3O2. The molecule has 1 saturated carbocycles. The van der Waals surface area contributed by atoms with Gasteiger partial charge in [-0.2, -0.15) is 0 Å². The van der Waals surface area contributed by atoms with E-state index in [2.05, 4.69) is 15.0 Å². The van der Waals surface area contributed by atoms with E-state index in [0.717, 1.165) is 0 Å². The summed E-state index contributed by atoms with van der Waals surface area (Å²) >= 11 is 0. The highest BCUT2D eigenvalue weighted by molar-refractivity contribution is 14.0. The lowest BCUT2D eigenvalue weighted by molar-refractivity contribution is -0.274. The SMILES string of the molecule is COC1(C)CC(N=C(N)Nc2ccccc2OC(F)(F)F)C1(C)C.I. The second kappa shape index (κ2) is 7.56. The smallest absolute Gasteiger partial charge is 0.404 e. The van der Waals surface area contributed by atoms with Crippen molar-refractivity contribution in [2.45, 2.75) is 45.2 Å². The monoisotopic (exact) mass is 473 g/mol. The Morgan fingerprint density at radius 2 is 1.88 bits per heavy atom. The number of aliphatic imine (C=N–C) groups is 1. The molecule has 1 aromatic carbocycles. The first-order valence-electron chi connectivity index (χ1n) is 7.49. The van der Waals surface area contributed by atoms with Gasteiger partial charge in [0.15, 0.2) is 11.7 Å². The molecule has 25 heavy (non-hydrogen) atoms. The summed E-state index contributed by atoms with van der Waals surface area (Å²) in [5.41, 5.74) is 5.41. The minimum atomic E-state index is -4.78. The number of halogens is 4. The third kappa shape index (κ3) is 4.69. The molecular weight excluding hydrogens is 450 g/mol. The van der Waals surface area contributed by atoms with Crippen molar-refractivity contribution in [2.24, 2.45) is 16.1 Å². The fourth-order valence-electron chi connectivity index (χ4n) is 2.78. The van der Waals surface area contributed by atoms with Crippen LogP contribution in [0.1, 0.15) is 27.2 Å². The maximum atomic E-state index is 12.4. The molecule has 142 valence electrons. The quantitative estimate of drug-likeness (QED) is 0.392. The van der Waals surface area contributed by atoms with Gasteiger partial charge in [-0.3, -0.25) is 0 Å². The number of nitrogens with two attached hydrogens (primary N) is 1. The Morgan fingerprint density at radius 1 is 1.28 bits per heavy atom. The number of ether oxygens (including phenoxy) is 2. The third-order valence-corrected chi connectivity index (χ3v) is 4.90. The first-order chi connectivity index (χ1) is 11.0. The summed E-state index contributed by atoms with van der Waals surface area (Å²) in [6.07, 6.45) is -4.10. The number of anilines is 1. The number of methoxy groups -OCH3 is 1. The van der Waals surface area contributed by atoms with Crippen LogP contribution in [0.5, 0.6) is 5.75 Å². The molecule has 0 saturated heterocycles. The Bertz CT molecular complexity index is 637. The fraction of sp³-hybridized carbons (Fsp3) is 0.562. The highest BCUT2D eigenvalue weighted by Gasteiger charge is 2.58. The predicted octanol–water partition coefficient (Wildman–Crippen LogP) is 4.13. The normalized spacial score (nSPS) is 25.6. The van der Waals surface area contributed by atoms with Crippen LogP contribution in [0.2, 0.25) is 0 Å². The first kappa shape index (κ1) is 21.8. The Balaban J connectivity index is 0.00000312. The van der Waals surface area contributed by atoms with Crippen LogP contribution in [0.3, 0.4) is 0 Å². The zero-order chi connectivity index (χ0) is 18.2. The lowest BCUT2D eigenvalue weighted by atomic mass is 9.56. The maximum Gasteiger partial charge on any atom is 0.573 e. The topological polar surface area (TPSA) is 68.9 Å². The molecule has 1 fully saturated rings. The van der Waals surface area contributed by atoms with Gasteiger partial charge in [0.25, 0.3) is 0 Å². The summed E-state index contributed by atoms with van der Waals surface area (Å²) < 4.78 is 46.8. The van der Waals surface area contributed by atoms with Gasteiger partial charge in [0.2, 0.25) is 0 Å². The van der Waals surface area contributed by atoms with Crippen LogP contribution in [0, 0.1) is 5.41 Å². The van der Waals surface area contributed by atoms with Gasteiger partial charge in [-0.05, 0) is 25.5 Å². The van der Waals surface area contributed by atoms with Crippen molar-refractivity contribution in [3.8, 4) is 5.75 Å². The first-order valence-corrected chi connectivity index (χ1v) is 7.49. The van der Waals surface area contributed by atoms with Crippen LogP contribution in [0.15, 0.2) is 29.3 Å². The number of rotatable bonds is 4. The van der Waals surface area contributed by atoms with E-state index in [-0.39, 0.29) is 58.4 Å². The summed E-state index contributed by atoms with van der Waals surface area (Å²) in [5, 5.41) is 2.68. The molecule has 0 aliphatic heterocycles. The molecule has 0 bridgehead atoms. The molecule has 0 heterocycles. The van der Waals surface area contributed by atoms with Crippen molar-refractivity contribution in [3.63, 3.8) is 0 Å². The highest BCUT2D eigenvalue weighted by Crippen LogP contribution is 2.53. The number of para-hydroxylation sites is 2. The lowest BCUT2D eigenvalue weighted by Gasteiger charge is -2.57. The minimum Gasteiger partial charge on any atom is -0.404 e. The van der Waals surface area contributed by atoms with Gasteiger partial charge in [0.1, 0.15) is 0 Å². The van der Waals surface area contributed by atoms with E-state index in [1.807, 2.05) is 20.8 Å². The van der Waals surface area contributed by atoms with Crippen molar-refractivity contribution < 1.29 is 22.6 Å². The standard InChI is InChI=1S/C16H22F3N3O2.HI/c1-14(2)12(9-15(14,3)23-4)22-13(20)21-10-7-5-6-8-11(10)24-16(17,18)19;/h5-8,12H,9H2,1-4H3,(H3,20,21,22);1H. The highest BCUT2D eigenvalue weighted by atomic mass is 127. The molecule has 0 amide bonds. The summed E-state index contributed by atoms with van der Waals surface area (Å²) in [6.45, 7) is 6.03. The average molecular weight is 473 g/mol. The molecule has 1 aromatic rings. The Hall–Kier alpha value is -1.23. The van der Waals surface area contributed by atoms with E-state index in [0.29, 0.717) is 6.42 Å². The van der Waals surface area contributed by atoms with Gasteiger partial charge >= 0.3 is 6.36 Å². The number of hydrogen-bond acceptors (Lipinski definition) is 3. The van der Waals surface area contributed by atoms with Crippen LogP contribution in [-0.4, -0.2) is 31.1 Å². The number of hydrogen-bond donors (Lipinski definition) is 2. The van der Waals surface area contributed by atoms with Gasteiger partial charge in [-0.25, -0.2) is 4.99 Å². The van der Waals surface area contributed by atoms with Gasteiger partial charge in [-0.15, -0.1) is 37.1 Å². The molecule has 2 atom stereocenters. The zero-order valence-electron chi connectivity index (χ0n) is 14.5. The van der Waals surface area contributed by atoms with Gasteiger partial charge in [0, 0.05) is 12.5 Å². The number of nitrogens with one attached hydrogen (secondary N) is 1. The Labute approximate surface area is 162 Å². The van der Waals surface area contributed by atoms with E-state index >= 15 is 0 Å². The Kier molecular flexibility index (Phi) is 6.60. The molecule has 3 N–H and O–H groups in total. The number of benzene rings is 1. The van der Waals surface area contributed by atoms with Crippen molar-refractivity contribution in [2.75, 3.05) is 12.4 Å². The van der Waals surface area contributed by atoms with Crippen LogP contribution < -0.4 is 15.8 Å². The molecule has 2 rings (SSSR count). The second-order valence-corrected chi connectivity index (χ2v) is 6.56.